The lowest BCUT2D eigenvalue weighted by Gasteiger charge is -2.20. The zero-order valence-corrected chi connectivity index (χ0v) is 9.62. The number of nitrogen functional groups attached to an aromatic ring is 1. The van der Waals surface area contributed by atoms with Gasteiger partial charge in [-0.05, 0) is 43.5 Å². The highest BCUT2D eigenvalue weighted by Gasteiger charge is 2.10. The van der Waals surface area contributed by atoms with Crippen molar-refractivity contribution in [3.63, 3.8) is 0 Å². The maximum atomic E-state index is 9.02. The first-order chi connectivity index (χ1) is 7.04. The number of benzene rings is 1. The molecule has 1 aromatic carbocycles. The van der Waals surface area contributed by atoms with Crippen LogP contribution < -0.4 is 11.1 Å². The Hall–Kier alpha value is -1.22. The summed E-state index contributed by atoms with van der Waals surface area (Å²) < 4.78 is 0. The summed E-state index contributed by atoms with van der Waals surface area (Å²) in [6, 6.07) is 6.13. The van der Waals surface area contributed by atoms with Gasteiger partial charge in [0.15, 0.2) is 0 Å². The van der Waals surface area contributed by atoms with Gasteiger partial charge in [-0.25, -0.2) is 0 Å². The minimum atomic E-state index is 0.197. The highest BCUT2D eigenvalue weighted by Crippen LogP contribution is 2.18. The van der Waals surface area contributed by atoms with Crippen LogP contribution in [0.4, 0.5) is 11.4 Å². The molecule has 15 heavy (non-hydrogen) atoms. The molecule has 84 valence electrons. The van der Waals surface area contributed by atoms with Gasteiger partial charge in [-0.3, -0.25) is 0 Å². The van der Waals surface area contributed by atoms with Gasteiger partial charge in [-0.15, -0.1) is 0 Å². The van der Waals surface area contributed by atoms with E-state index in [1.54, 1.807) is 0 Å². The van der Waals surface area contributed by atoms with Gasteiger partial charge in [0, 0.05) is 24.0 Å². The summed E-state index contributed by atoms with van der Waals surface area (Å²) in [4.78, 5) is 0. The van der Waals surface area contributed by atoms with E-state index in [-0.39, 0.29) is 18.6 Å². The Morgan fingerprint density at radius 3 is 2.60 bits per heavy atom. The van der Waals surface area contributed by atoms with Gasteiger partial charge in [0.05, 0.1) is 0 Å². The molecular formula is C12H20N2O. The molecule has 4 N–H and O–H groups in total. The van der Waals surface area contributed by atoms with Crippen molar-refractivity contribution in [3.05, 3.63) is 23.8 Å². The number of hydrogen-bond donors (Lipinski definition) is 3. The Bertz CT molecular complexity index is 325. The predicted octanol–water partition coefficient (Wildman–Crippen LogP) is 2.01. The number of nitrogens with two attached hydrogens (primary N) is 1. The number of aryl methyl sites for hydroxylation is 1. The van der Waals surface area contributed by atoms with E-state index < -0.39 is 0 Å². The summed E-state index contributed by atoms with van der Waals surface area (Å²) in [6.07, 6.45) is 0. The van der Waals surface area contributed by atoms with Crippen LogP contribution in [0, 0.1) is 12.8 Å². The van der Waals surface area contributed by atoms with Gasteiger partial charge in [-0.1, -0.05) is 6.92 Å². The van der Waals surface area contributed by atoms with Gasteiger partial charge in [0.1, 0.15) is 0 Å². The number of aliphatic hydroxyl groups is 1. The van der Waals surface area contributed by atoms with E-state index >= 15 is 0 Å². The molecule has 0 bridgehead atoms. The molecule has 0 aliphatic rings. The first-order valence-corrected chi connectivity index (χ1v) is 5.28. The highest BCUT2D eigenvalue weighted by molar-refractivity contribution is 5.56. The molecule has 2 unspecified atom stereocenters. The SMILES string of the molecule is Cc1cc(NC(C)C(C)CO)ccc1N. The Balaban J connectivity index is 2.68. The molecule has 3 nitrogen and oxygen atoms in total. The third kappa shape index (κ3) is 3.13. The fourth-order valence-electron chi connectivity index (χ4n) is 1.33. The fourth-order valence-corrected chi connectivity index (χ4v) is 1.33. The number of nitrogens with one attached hydrogen (secondary N) is 1. The van der Waals surface area contributed by atoms with E-state index in [1.807, 2.05) is 32.0 Å². The van der Waals surface area contributed by atoms with Crippen LogP contribution in [-0.2, 0) is 0 Å². The smallest absolute Gasteiger partial charge is 0.0476 e. The molecule has 0 aliphatic heterocycles. The summed E-state index contributed by atoms with van der Waals surface area (Å²) >= 11 is 0. The highest BCUT2D eigenvalue weighted by atomic mass is 16.3. The second kappa shape index (κ2) is 5.03. The molecule has 0 aliphatic carbocycles. The number of rotatable bonds is 4. The van der Waals surface area contributed by atoms with Gasteiger partial charge in [-0.2, -0.15) is 0 Å². The molecular weight excluding hydrogens is 188 g/mol. The van der Waals surface area contributed by atoms with Gasteiger partial charge in [0.2, 0.25) is 0 Å². The van der Waals surface area contributed by atoms with E-state index in [2.05, 4.69) is 12.2 Å². The van der Waals surface area contributed by atoms with Crippen LogP contribution in [0.3, 0.4) is 0 Å². The van der Waals surface area contributed by atoms with Crippen molar-refractivity contribution in [1.29, 1.82) is 0 Å². The molecule has 3 heteroatoms. The fraction of sp³-hybridized carbons (Fsp3) is 0.500. The third-order valence-corrected chi connectivity index (χ3v) is 2.81. The molecule has 0 aromatic heterocycles. The van der Waals surface area contributed by atoms with Crippen molar-refractivity contribution in [2.75, 3.05) is 17.7 Å². The lowest BCUT2D eigenvalue weighted by atomic mass is 10.0. The topological polar surface area (TPSA) is 58.3 Å². The summed E-state index contributed by atoms with van der Waals surface area (Å²) in [5, 5.41) is 12.4. The van der Waals surface area contributed by atoms with Crippen LogP contribution in [0.2, 0.25) is 0 Å². The normalized spacial score (nSPS) is 14.7. The zero-order chi connectivity index (χ0) is 11.4. The quantitative estimate of drug-likeness (QED) is 0.663. The first kappa shape index (κ1) is 11.9. The van der Waals surface area contributed by atoms with Crippen molar-refractivity contribution < 1.29 is 5.11 Å². The number of anilines is 2. The van der Waals surface area contributed by atoms with Crippen molar-refractivity contribution in [2.45, 2.75) is 26.8 Å². The Morgan fingerprint density at radius 2 is 2.07 bits per heavy atom. The zero-order valence-electron chi connectivity index (χ0n) is 9.62. The first-order valence-electron chi connectivity index (χ1n) is 5.28. The molecule has 0 amide bonds. The van der Waals surface area contributed by atoms with Gasteiger partial charge < -0.3 is 16.2 Å². The lowest BCUT2D eigenvalue weighted by Crippen LogP contribution is -2.26. The summed E-state index contributed by atoms with van der Waals surface area (Å²) in [6.45, 7) is 6.26. The van der Waals surface area contributed by atoms with Crippen LogP contribution in [0.15, 0.2) is 18.2 Å². The predicted molar refractivity (Wildman–Crippen MR) is 64.9 cm³/mol. The summed E-state index contributed by atoms with van der Waals surface area (Å²) in [5.74, 6) is 0.239. The van der Waals surface area contributed by atoms with Gasteiger partial charge in [0.25, 0.3) is 0 Å². The Kier molecular flexibility index (Phi) is 3.97. The lowest BCUT2D eigenvalue weighted by molar-refractivity contribution is 0.226. The minimum absolute atomic E-state index is 0.197. The molecule has 0 heterocycles. The molecule has 0 saturated heterocycles. The second-order valence-electron chi connectivity index (χ2n) is 4.16. The monoisotopic (exact) mass is 208 g/mol. The number of hydrogen-bond acceptors (Lipinski definition) is 3. The van der Waals surface area contributed by atoms with Crippen LogP contribution in [0.5, 0.6) is 0 Å². The standard InChI is InChI=1S/C12H20N2O/c1-8-6-11(4-5-12(8)13)14-10(3)9(2)7-15/h4-6,9-10,14-15H,7,13H2,1-3H3. The van der Waals surface area contributed by atoms with E-state index in [0.717, 1.165) is 16.9 Å². The summed E-state index contributed by atoms with van der Waals surface area (Å²) in [7, 11) is 0. The van der Waals surface area contributed by atoms with Crippen molar-refractivity contribution in [3.8, 4) is 0 Å². The molecule has 0 spiro atoms. The molecule has 2 atom stereocenters. The van der Waals surface area contributed by atoms with Gasteiger partial charge >= 0.3 is 0 Å². The van der Waals surface area contributed by atoms with Crippen molar-refractivity contribution in [1.82, 2.24) is 0 Å². The van der Waals surface area contributed by atoms with Crippen molar-refractivity contribution in [2.24, 2.45) is 5.92 Å². The third-order valence-electron chi connectivity index (χ3n) is 2.81. The van der Waals surface area contributed by atoms with Crippen LogP contribution in [-0.4, -0.2) is 17.8 Å². The molecule has 0 fully saturated rings. The molecule has 0 radical (unpaired) electrons. The number of aliphatic hydroxyl groups excluding tert-OH is 1. The molecule has 1 rings (SSSR count). The molecule has 1 aromatic rings. The van der Waals surface area contributed by atoms with Crippen LogP contribution in [0.1, 0.15) is 19.4 Å². The second-order valence-corrected chi connectivity index (χ2v) is 4.16. The van der Waals surface area contributed by atoms with Crippen molar-refractivity contribution >= 4 is 11.4 Å². The van der Waals surface area contributed by atoms with Crippen LogP contribution in [0.25, 0.3) is 0 Å². The average molecular weight is 208 g/mol. The summed E-state index contributed by atoms with van der Waals surface area (Å²) in [5.41, 5.74) is 8.67. The Morgan fingerprint density at radius 1 is 1.40 bits per heavy atom. The van der Waals surface area contributed by atoms with E-state index in [0.29, 0.717) is 0 Å². The minimum Gasteiger partial charge on any atom is -0.399 e. The van der Waals surface area contributed by atoms with Crippen LogP contribution >= 0.6 is 0 Å². The van der Waals surface area contributed by atoms with E-state index in [9.17, 15) is 0 Å². The average Bonchev–Trinajstić information content (AvgIpc) is 2.22. The van der Waals surface area contributed by atoms with E-state index in [1.165, 1.54) is 0 Å². The maximum absolute atomic E-state index is 9.02. The Labute approximate surface area is 91.3 Å². The molecule has 0 saturated carbocycles. The maximum Gasteiger partial charge on any atom is 0.0476 e. The van der Waals surface area contributed by atoms with E-state index in [4.69, 9.17) is 10.8 Å². The largest absolute Gasteiger partial charge is 0.399 e.